The predicted octanol–water partition coefficient (Wildman–Crippen LogP) is 4.06. The van der Waals surface area contributed by atoms with Gasteiger partial charge in [-0.05, 0) is 29.8 Å². The first-order valence-corrected chi connectivity index (χ1v) is 7.10. The second-order valence-electron chi connectivity index (χ2n) is 4.68. The second kappa shape index (κ2) is 7.70. The number of carbonyl (C=O) groups is 2. The molecule has 2 rings (SSSR count). The zero-order chi connectivity index (χ0) is 17.7. The van der Waals surface area contributed by atoms with Gasteiger partial charge in [0.25, 0.3) is 0 Å². The molecule has 7 heteroatoms. The third-order valence-corrected chi connectivity index (χ3v) is 3.27. The van der Waals surface area contributed by atoms with Gasteiger partial charge in [0.2, 0.25) is 5.91 Å². The molecular formula is C17H12ClF2NO3. The van der Waals surface area contributed by atoms with Gasteiger partial charge in [0, 0.05) is 17.2 Å². The summed E-state index contributed by atoms with van der Waals surface area (Å²) >= 11 is 5.75. The fourth-order valence-corrected chi connectivity index (χ4v) is 1.96. The first kappa shape index (κ1) is 17.6. The zero-order valence-corrected chi connectivity index (χ0v) is 13.2. The van der Waals surface area contributed by atoms with Gasteiger partial charge in [0.05, 0.1) is 18.4 Å². The fraction of sp³-hybridized carbons (Fsp3) is 0.0588. The summed E-state index contributed by atoms with van der Waals surface area (Å²) < 4.78 is 31.6. The Morgan fingerprint density at radius 2 is 1.79 bits per heavy atom. The van der Waals surface area contributed by atoms with Crippen molar-refractivity contribution in [1.29, 1.82) is 0 Å². The fourth-order valence-electron chi connectivity index (χ4n) is 1.83. The monoisotopic (exact) mass is 351 g/mol. The van der Waals surface area contributed by atoms with E-state index in [9.17, 15) is 18.4 Å². The molecule has 124 valence electrons. The largest absolute Gasteiger partial charge is 0.465 e. The Kier molecular flexibility index (Phi) is 5.65. The molecule has 0 saturated heterocycles. The standard InChI is InChI=1S/C17H12ClF2NO3/c1-24-17(23)12-8-15(14(20)9-13(12)19)21-16(22)7-4-10-2-5-11(18)6-3-10/h2-9H,1H3,(H,21,22)/b7-4+. The molecule has 0 saturated carbocycles. The molecule has 0 atom stereocenters. The number of hydrogen-bond acceptors (Lipinski definition) is 3. The van der Waals surface area contributed by atoms with Crippen LogP contribution < -0.4 is 5.32 Å². The van der Waals surface area contributed by atoms with Crippen molar-refractivity contribution in [3.8, 4) is 0 Å². The molecule has 0 aliphatic carbocycles. The van der Waals surface area contributed by atoms with Crippen LogP contribution in [-0.4, -0.2) is 19.0 Å². The van der Waals surface area contributed by atoms with Crippen LogP contribution in [0.3, 0.4) is 0 Å². The summed E-state index contributed by atoms with van der Waals surface area (Å²) in [5, 5.41) is 2.79. The van der Waals surface area contributed by atoms with Crippen LogP contribution in [0.25, 0.3) is 6.08 Å². The quantitative estimate of drug-likeness (QED) is 0.667. The van der Waals surface area contributed by atoms with Gasteiger partial charge in [-0.3, -0.25) is 4.79 Å². The Morgan fingerprint density at radius 3 is 2.42 bits per heavy atom. The van der Waals surface area contributed by atoms with E-state index >= 15 is 0 Å². The maximum absolute atomic E-state index is 13.7. The number of methoxy groups -OCH3 is 1. The smallest absolute Gasteiger partial charge is 0.340 e. The number of benzene rings is 2. The molecule has 0 radical (unpaired) electrons. The van der Waals surface area contributed by atoms with E-state index in [2.05, 4.69) is 10.1 Å². The van der Waals surface area contributed by atoms with Crippen molar-refractivity contribution in [3.05, 3.63) is 70.3 Å². The van der Waals surface area contributed by atoms with E-state index in [1.54, 1.807) is 24.3 Å². The maximum Gasteiger partial charge on any atom is 0.340 e. The summed E-state index contributed by atoms with van der Waals surface area (Å²) in [5.74, 6) is -3.70. The molecule has 1 amide bonds. The van der Waals surface area contributed by atoms with Crippen molar-refractivity contribution in [1.82, 2.24) is 0 Å². The molecule has 0 aliphatic rings. The molecule has 0 aliphatic heterocycles. The Balaban J connectivity index is 2.16. The number of hydrogen-bond donors (Lipinski definition) is 1. The van der Waals surface area contributed by atoms with Crippen LogP contribution in [0.5, 0.6) is 0 Å². The topological polar surface area (TPSA) is 55.4 Å². The molecule has 4 nitrogen and oxygen atoms in total. The van der Waals surface area contributed by atoms with Gasteiger partial charge in [-0.25, -0.2) is 13.6 Å². The second-order valence-corrected chi connectivity index (χ2v) is 5.11. The molecule has 2 aromatic rings. The van der Waals surface area contributed by atoms with E-state index in [1.807, 2.05) is 0 Å². The number of halogens is 3. The lowest BCUT2D eigenvalue weighted by atomic mass is 10.1. The van der Waals surface area contributed by atoms with Crippen LogP contribution in [0.2, 0.25) is 5.02 Å². The van der Waals surface area contributed by atoms with Gasteiger partial charge in [-0.1, -0.05) is 23.7 Å². The van der Waals surface area contributed by atoms with Gasteiger partial charge in [0.1, 0.15) is 11.6 Å². The third kappa shape index (κ3) is 4.39. The van der Waals surface area contributed by atoms with Gasteiger partial charge in [-0.2, -0.15) is 0 Å². The maximum atomic E-state index is 13.7. The van der Waals surface area contributed by atoms with Crippen molar-refractivity contribution in [2.45, 2.75) is 0 Å². The molecule has 24 heavy (non-hydrogen) atoms. The lowest BCUT2D eigenvalue weighted by molar-refractivity contribution is -0.111. The molecule has 0 spiro atoms. The molecule has 0 heterocycles. The zero-order valence-electron chi connectivity index (χ0n) is 12.5. The van der Waals surface area contributed by atoms with Crippen LogP contribution in [0.15, 0.2) is 42.5 Å². The molecule has 0 aromatic heterocycles. The van der Waals surface area contributed by atoms with E-state index in [0.717, 1.165) is 13.2 Å². The highest BCUT2D eigenvalue weighted by Gasteiger charge is 2.17. The highest BCUT2D eigenvalue weighted by Crippen LogP contribution is 2.20. The minimum Gasteiger partial charge on any atom is -0.465 e. The number of carbonyl (C=O) groups excluding carboxylic acids is 2. The SMILES string of the molecule is COC(=O)c1cc(NC(=O)/C=C/c2ccc(Cl)cc2)c(F)cc1F. The van der Waals surface area contributed by atoms with Crippen LogP contribution in [-0.2, 0) is 9.53 Å². The summed E-state index contributed by atoms with van der Waals surface area (Å²) in [7, 11) is 1.07. The highest BCUT2D eigenvalue weighted by atomic mass is 35.5. The van der Waals surface area contributed by atoms with Crippen LogP contribution in [0, 0.1) is 11.6 Å². The number of ether oxygens (including phenoxy) is 1. The van der Waals surface area contributed by atoms with Gasteiger partial charge < -0.3 is 10.1 Å². The van der Waals surface area contributed by atoms with E-state index in [-0.39, 0.29) is 5.69 Å². The molecule has 1 N–H and O–H groups in total. The number of anilines is 1. The molecule has 0 unspecified atom stereocenters. The van der Waals surface area contributed by atoms with Gasteiger partial charge in [0.15, 0.2) is 0 Å². The van der Waals surface area contributed by atoms with Crippen molar-refractivity contribution in [2.24, 2.45) is 0 Å². The van der Waals surface area contributed by atoms with Crippen LogP contribution in [0.4, 0.5) is 14.5 Å². The van der Waals surface area contributed by atoms with Crippen LogP contribution >= 0.6 is 11.6 Å². The average molecular weight is 352 g/mol. The lowest BCUT2D eigenvalue weighted by Crippen LogP contribution is -2.12. The Morgan fingerprint density at radius 1 is 1.12 bits per heavy atom. The van der Waals surface area contributed by atoms with E-state index in [1.165, 1.54) is 12.2 Å². The normalized spacial score (nSPS) is 10.7. The molecule has 0 fully saturated rings. The molecule has 2 aromatic carbocycles. The third-order valence-electron chi connectivity index (χ3n) is 3.02. The van der Waals surface area contributed by atoms with E-state index < -0.39 is 29.1 Å². The van der Waals surface area contributed by atoms with Gasteiger partial charge >= 0.3 is 5.97 Å². The van der Waals surface area contributed by atoms with Gasteiger partial charge in [-0.15, -0.1) is 0 Å². The predicted molar refractivity (Wildman–Crippen MR) is 86.8 cm³/mol. The summed E-state index contributed by atoms with van der Waals surface area (Å²) in [6.07, 6.45) is 2.66. The molecule has 0 bridgehead atoms. The number of esters is 1. The average Bonchev–Trinajstić information content (AvgIpc) is 2.56. The van der Waals surface area contributed by atoms with E-state index in [4.69, 9.17) is 11.6 Å². The number of nitrogens with one attached hydrogen (secondary N) is 1. The van der Waals surface area contributed by atoms with Crippen molar-refractivity contribution >= 4 is 35.2 Å². The van der Waals surface area contributed by atoms with Crippen molar-refractivity contribution in [3.63, 3.8) is 0 Å². The summed E-state index contributed by atoms with van der Waals surface area (Å²) in [5.41, 5.74) is -0.0946. The highest BCUT2D eigenvalue weighted by molar-refractivity contribution is 6.30. The van der Waals surface area contributed by atoms with Crippen molar-refractivity contribution in [2.75, 3.05) is 12.4 Å². The molecular weight excluding hydrogens is 340 g/mol. The minimum atomic E-state index is -1.07. The Bertz CT molecular complexity index is 804. The Hall–Kier alpha value is -2.73. The first-order valence-electron chi connectivity index (χ1n) is 6.72. The minimum absolute atomic E-state index is 0.331. The number of rotatable bonds is 4. The first-order chi connectivity index (χ1) is 11.4. The Labute approximate surface area is 141 Å². The number of amides is 1. The lowest BCUT2D eigenvalue weighted by Gasteiger charge is -2.07. The summed E-state index contributed by atoms with van der Waals surface area (Å²) in [6, 6.07) is 8.08. The van der Waals surface area contributed by atoms with E-state index in [0.29, 0.717) is 16.7 Å². The summed E-state index contributed by atoms with van der Waals surface area (Å²) in [4.78, 5) is 23.2. The van der Waals surface area contributed by atoms with Crippen molar-refractivity contribution < 1.29 is 23.1 Å². The summed E-state index contributed by atoms with van der Waals surface area (Å²) in [6.45, 7) is 0. The van der Waals surface area contributed by atoms with Crippen LogP contribution in [0.1, 0.15) is 15.9 Å².